The van der Waals surface area contributed by atoms with Crippen molar-refractivity contribution in [3.8, 4) is 0 Å². The Hall–Kier alpha value is -1.30. The Labute approximate surface area is 92.3 Å². The molecule has 0 bridgehead atoms. The molecule has 15 heavy (non-hydrogen) atoms. The Balaban J connectivity index is 2.68. The molecule has 1 aliphatic rings. The van der Waals surface area contributed by atoms with E-state index in [2.05, 4.69) is 64.1 Å². The highest BCUT2D eigenvalue weighted by Gasteiger charge is 2.33. The van der Waals surface area contributed by atoms with Crippen LogP contribution in [-0.4, -0.2) is 0 Å². The van der Waals surface area contributed by atoms with Crippen LogP contribution in [0.4, 0.5) is 0 Å². The van der Waals surface area contributed by atoms with Crippen LogP contribution in [0.25, 0.3) is 5.57 Å². The van der Waals surface area contributed by atoms with Gasteiger partial charge in [0.2, 0.25) is 0 Å². The minimum atomic E-state index is 0.160. The standard InChI is InChI=1S/C15H18/c1-5-8-13-11(2)12-9-6-7-10-14(12)15(13,3)4/h5-10H,1-4H3/b8-5-. The van der Waals surface area contributed by atoms with Crippen LogP contribution in [0.1, 0.15) is 38.8 Å². The van der Waals surface area contributed by atoms with E-state index in [4.69, 9.17) is 0 Å². The van der Waals surface area contributed by atoms with E-state index in [0.29, 0.717) is 0 Å². The molecule has 0 heteroatoms. The van der Waals surface area contributed by atoms with Gasteiger partial charge in [-0.15, -0.1) is 0 Å². The summed E-state index contributed by atoms with van der Waals surface area (Å²) in [6.07, 6.45) is 4.38. The van der Waals surface area contributed by atoms with Crippen LogP contribution in [-0.2, 0) is 5.41 Å². The number of rotatable bonds is 1. The van der Waals surface area contributed by atoms with E-state index in [1.54, 1.807) is 0 Å². The van der Waals surface area contributed by atoms with Crippen molar-refractivity contribution in [2.75, 3.05) is 0 Å². The fourth-order valence-corrected chi connectivity index (χ4v) is 2.61. The van der Waals surface area contributed by atoms with Crippen LogP contribution in [0.3, 0.4) is 0 Å². The molecule has 0 unspecified atom stereocenters. The summed E-state index contributed by atoms with van der Waals surface area (Å²) in [5, 5.41) is 0. The third-order valence-electron chi connectivity index (χ3n) is 3.42. The summed E-state index contributed by atoms with van der Waals surface area (Å²) in [5.41, 5.74) is 5.90. The molecule has 0 spiro atoms. The van der Waals surface area contributed by atoms with Gasteiger partial charge in [0.1, 0.15) is 0 Å². The second-order valence-corrected chi connectivity index (χ2v) is 4.71. The molecule has 0 fully saturated rings. The Morgan fingerprint density at radius 1 is 1.13 bits per heavy atom. The predicted octanol–water partition coefficient (Wildman–Crippen LogP) is 4.33. The van der Waals surface area contributed by atoms with Gasteiger partial charge in [-0.3, -0.25) is 0 Å². The lowest BCUT2D eigenvalue weighted by atomic mass is 9.81. The molecule has 1 aromatic carbocycles. The number of allylic oxidation sites excluding steroid dienone is 4. The molecule has 0 aromatic heterocycles. The second kappa shape index (κ2) is 3.37. The van der Waals surface area contributed by atoms with Crippen molar-refractivity contribution in [2.45, 2.75) is 33.1 Å². The number of hydrogen-bond donors (Lipinski definition) is 0. The average Bonchev–Trinajstić information content (AvgIpc) is 2.41. The van der Waals surface area contributed by atoms with E-state index in [9.17, 15) is 0 Å². The number of hydrogen-bond acceptors (Lipinski definition) is 0. The molecule has 2 rings (SSSR count). The summed E-state index contributed by atoms with van der Waals surface area (Å²) in [6, 6.07) is 8.72. The van der Waals surface area contributed by atoms with Gasteiger partial charge in [-0.05, 0) is 36.1 Å². The molecular formula is C15H18. The van der Waals surface area contributed by atoms with E-state index in [1.807, 2.05) is 0 Å². The average molecular weight is 198 g/mol. The van der Waals surface area contributed by atoms with Crippen LogP contribution in [0, 0.1) is 0 Å². The van der Waals surface area contributed by atoms with E-state index < -0.39 is 0 Å². The van der Waals surface area contributed by atoms with Crippen LogP contribution in [0.2, 0.25) is 0 Å². The van der Waals surface area contributed by atoms with Crippen LogP contribution in [0.5, 0.6) is 0 Å². The molecule has 0 nitrogen and oxygen atoms in total. The second-order valence-electron chi connectivity index (χ2n) is 4.71. The zero-order valence-corrected chi connectivity index (χ0v) is 9.96. The predicted molar refractivity (Wildman–Crippen MR) is 66.9 cm³/mol. The first kappa shape index (κ1) is 10.2. The van der Waals surface area contributed by atoms with Crippen molar-refractivity contribution in [1.82, 2.24) is 0 Å². The summed E-state index contributed by atoms with van der Waals surface area (Å²) in [5.74, 6) is 0. The maximum atomic E-state index is 2.30. The highest BCUT2D eigenvalue weighted by atomic mass is 14.4. The fourth-order valence-electron chi connectivity index (χ4n) is 2.61. The van der Waals surface area contributed by atoms with Gasteiger partial charge < -0.3 is 0 Å². The van der Waals surface area contributed by atoms with Crippen molar-refractivity contribution < 1.29 is 0 Å². The SMILES string of the molecule is C/C=C\C1=C(C)c2ccccc2C1(C)C. The van der Waals surface area contributed by atoms with Crippen molar-refractivity contribution >= 4 is 5.57 Å². The van der Waals surface area contributed by atoms with Gasteiger partial charge in [-0.25, -0.2) is 0 Å². The molecular weight excluding hydrogens is 180 g/mol. The first-order chi connectivity index (χ1) is 7.09. The van der Waals surface area contributed by atoms with Crippen molar-refractivity contribution in [3.05, 3.63) is 53.1 Å². The molecule has 78 valence electrons. The van der Waals surface area contributed by atoms with Crippen molar-refractivity contribution in [2.24, 2.45) is 0 Å². The van der Waals surface area contributed by atoms with Gasteiger partial charge in [0.25, 0.3) is 0 Å². The molecule has 1 aromatic rings. The molecule has 0 aliphatic heterocycles. The van der Waals surface area contributed by atoms with Crippen LogP contribution < -0.4 is 0 Å². The Kier molecular flexibility index (Phi) is 2.30. The van der Waals surface area contributed by atoms with Crippen LogP contribution in [0.15, 0.2) is 42.0 Å². The van der Waals surface area contributed by atoms with E-state index in [0.717, 1.165) is 0 Å². The third-order valence-corrected chi connectivity index (χ3v) is 3.42. The van der Waals surface area contributed by atoms with Gasteiger partial charge in [0, 0.05) is 5.41 Å². The van der Waals surface area contributed by atoms with Gasteiger partial charge in [-0.1, -0.05) is 50.3 Å². The minimum absolute atomic E-state index is 0.160. The summed E-state index contributed by atoms with van der Waals surface area (Å²) in [7, 11) is 0. The zero-order chi connectivity index (χ0) is 11.1. The normalized spacial score (nSPS) is 18.7. The maximum Gasteiger partial charge on any atom is 0.0155 e. The lowest BCUT2D eigenvalue weighted by Crippen LogP contribution is -2.15. The number of benzene rings is 1. The molecule has 0 amide bonds. The molecule has 0 heterocycles. The number of fused-ring (bicyclic) bond motifs is 1. The maximum absolute atomic E-state index is 2.30. The first-order valence-corrected chi connectivity index (χ1v) is 5.53. The van der Waals surface area contributed by atoms with Crippen molar-refractivity contribution in [1.29, 1.82) is 0 Å². The molecule has 0 saturated carbocycles. The fraction of sp³-hybridized carbons (Fsp3) is 0.333. The summed E-state index contributed by atoms with van der Waals surface area (Å²) in [6.45, 7) is 8.91. The van der Waals surface area contributed by atoms with Gasteiger partial charge in [0.05, 0.1) is 0 Å². The smallest absolute Gasteiger partial charge is 0.0155 e. The molecule has 0 saturated heterocycles. The molecule has 0 radical (unpaired) electrons. The van der Waals surface area contributed by atoms with Gasteiger partial charge in [0.15, 0.2) is 0 Å². The molecule has 1 aliphatic carbocycles. The van der Waals surface area contributed by atoms with Crippen LogP contribution >= 0.6 is 0 Å². The summed E-state index contributed by atoms with van der Waals surface area (Å²) >= 11 is 0. The molecule has 0 atom stereocenters. The van der Waals surface area contributed by atoms with Gasteiger partial charge in [-0.2, -0.15) is 0 Å². The monoisotopic (exact) mass is 198 g/mol. The van der Waals surface area contributed by atoms with E-state index in [-0.39, 0.29) is 5.41 Å². The Bertz CT molecular complexity index is 445. The lowest BCUT2D eigenvalue weighted by Gasteiger charge is -2.22. The highest BCUT2D eigenvalue weighted by molar-refractivity contribution is 5.80. The minimum Gasteiger partial charge on any atom is -0.0873 e. The Morgan fingerprint density at radius 3 is 2.40 bits per heavy atom. The lowest BCUT2D eigenvalue weighted by molar-refractivity contribution is 0.654. The topological polar surface area (TPSA) is 0 Å². The van der Waals surface area contributed by atoms with Gasteiger partial charge >= 0.3 is 0 Å². The largest absolute Gasteiger partial charge is 0.0873 e. The molecule has 0 N–H and O–H groups in total. The highest BCUT2D eigenvalue weighted by Crippen LogP contribution is 2.46. The zero-order valence-electron chi connectivity index (χ0n) is 9.96. The quantitative estimate of drug-likeness (QED) is 0.630. The van der Waals surface area contributed by atoms with E-state index >= 15 is 0 Å². The summed E-state index contributed by atoms with van der Waals surface area (Å²) in [4.78, 5) is 0. The summed E-state index contributed by atoms with van der Waals surface area (Å²) < 4.78 is 0. The Morgan fingerprint density at radius 2 is 1.80 bits per heavy atom. The van der Waals surface area contributed by atoms with Crippen molar-refractivity contribution in [3.63, 3.8) is 0 Å². The van der Waals surface area contributed by atoms with E-state index in [1.165, 1.54) is 22.3 Å². The third kappa shape index (κ3) is 1.36. The first-order valence-electron chi connectivity index (χ1n) is 5.53.